The molecule has 12 heteroatoms. The standard InChI is InChI=1S/C18H15Cl3F3N5O/c1-10-16(21)17(18(22,23)24)27-29(10)7-5-15(30)25-14-4-6-28(26-14)9-11-2-3-12(19)8-13(11)20/h2-4,6,8H,5,7,9H2,1H3,(H,25,26,30). The molecule has 2 aromatic heterocycles. The average molecular weight is 481 g/mol. The Morgan fingerprint density at radius 1 is 1.17 bits per heavy atom. The first-order valence-corrected chi connectivity index (χ1v) is 9.75. The van der Waals surface area contributed by atoms with Crippen LogP contribution in [0.1, 0.15) is 23.4 Å². The molecular weight excluding hydrogens is 466 g/mol. The lowest BCUT2D eigenvalue weighted by Gasteiger charge is -2.06. The van der Waals surface area contributed by atoms with E-state index < -0.39 is 22.8 Å². The second-order valence-corrected chi connectivity index (χ2v) is 7.62. The predicted molar refractivity (Wildman–Crippen MR) is 108 cm³/mol. The smallest absolute Gasteiger partial charge is 0.309 e. The van der Waals surface area contributed by atoms with Crippen LogP contribution in [0.3, 0.4) is 0 Å². The molecule has 1 aromatic carbocycles. The average Bonchev–Trinajstić information content (AvgIpc) is 3.20. The number of nitrogens with zero attached hydrogens (tertiary/aromatic N) is 4. The number of alkyl halides is 3. The third-order valence-electron chi connectivity index (χ3n) is 4.21. The van der Waals surface area contributed by atoms with Crippen LogP contribution in [0.5, 0.6) is 0 Å². The van der Waals surface area contributed by atoms with Crippen LogP contribution < -0.4 is 5.32 Å². The number of hydrogen-bond acceptors (Lipinski definition) is 3. The van der Waals surface area contributed by atoms with Crippen LogP contribution in [-0.4, -0.2) is 25.5 Å². The minimum absolute atomic E-state index is 0.0610. The summed E-state index contributed by atoms with van der Waals surface area (Å²) in [5, 5.41) is 10.8. The summed E-state index contributed by atoms with van der Waals surface area (Å²) in [5.74, 6) is -0.124. The quantitative estimate of drug-likeness (QED) is 0.511. The van der Waals surface area contributed by atoms with Crippen molar-refractivity contribution in [1.82, 2.24) is 19.6 Å². The van der Waals surface area contributed by atoms with Crippen LogP contribution in [-0.2, 0) is 24.1 Å². The zero-order valence-electron chi connectivity index (χ0n) is 15.5. The number of carbonyl (C=O) groups excluding carboxylic acids is 1. The molecule has 0 aliphatic rings. The van der Waals surface area contributed by atoms with Gasteiger partial charge < -0.3 is 5.32 Å². The first-order valence-electron chi connectivity index (χ1n) is 8.62. The normalized spacial score (nSPS) is 11.7. The summed E-state index contributed by atoms with van der Waals surface area (Å²) in [6.07, 6.45) is -3.10. The fourth-order valence-corrected chi connectivity index (χ4v) is 3.39. The van der Waals surface area contributed by atoms with Gasteiger partial charge in [-0.05, 0) is 24.6 Å². The molecule has 0 radical (unpaired) electrons. The number of rotatable bonds is 6. The van der Waals surface area contributed by atoms with Gasteiger partial charge in [0.25, 0.3) is 0 Å². The van der Waals surface area contributed by atoms with E-state index >= 15 is 0 Å². The van der Waals surface area contributed by atoms with E-state index in [0.29, 0.717) is 22.4 Å². The van der Waals surface area contributed by atoms with Gasteiger partial charge >= 0.3 is 6.18 Å². The number of carbonyl (C=O) groups is 1. The Morgan fingerprint density at radius 3 is 2.53 bits per heavy atom. The minimum Gasteiger partial charge on any atom is -0.309 e. The van der Waals surface area contributed by atoms with Crippen molar-refractivity contribution in [3.05, 3.63) is 62.5 Å². The molecule has 0 atom stereocenters. The molecular formula is C18H15Cl3F3N5O. The molecule has 1 amide bonds. The van der Waals surface area contributed by atoms with Crippen molar-refractivity contribution < 1.29 is 18.0 Å². The lowest BCUT2D eigenvalue weighted by molar-refractivity contribution is -0.141. The van der Waals surface area contributed by atoms with Crippen LogP contribution in [0.15, 0.2) is 30.5 Å². The number of anilines is 1. The fraction of sp³-hybridized carbons (Fsp3) is 0.278. The number of nitrogens with one attached hydrogen (secondary N) is 1. The Bertz CT molecular complexity index is 1080. The van der Waals surface area contributed by atoms with Crippen molar-refractivity contribution in [3.8, 4) is 0 Å². The van der Waals surface area contributed by atoms with Gasteiger partial charge in [-0.25, -0.2) is 0 Å². The van der Waals surface area contributed by atoms with Gasteiger partial charge in [-0.2, -0.15) is 23.4 Å². The van der Waals surface area contributed by atoms with Gasteiger partial charge in [0.2, 0.25) is 5.91 Å². The summed E-state index contributed by atoms with van der Waals surface area (Å²) in [5.41, 5.74) is -0.226. The maximum Gasteiger partial charge on any atom is 0.436 e. The Kier molecular flexibility index (Phi) is 6.64. The van der Waals surface area contributed by atoms with Crippen molar-refractivity contribution in [2.75, 3.05) is 5.32 Å². The molecule has 1 N–H and O–H groups in total. The van der Waals surface area contributed by atoms with Crippen molar-refractivity contribution in [1.29, 1.82) is 0 Å². The molecule has 0 saturated carbocycles. The van der Waals surface area contributed by atoms with Crippen molar-refractivity contribution >= 4 is 46.5 Å². The van der Waals surface area contributed by atoms with Crippen LogP contribution in [0.25, 0.3) is 0 Å². The van der Waals surface area contributed by atoms with Gasteiger partial charge in [0.05, 0.1) is 23.8 Å². The van der Waals surface area contributed by atoms with E-state index in [0.717, 1.165) is 10.2 Å². The number of halogens is 6. The molecule has 3 rings (SSSR count). The summed E-state index contributed by atoms with van der Waals surface area (Å²) in [6.45, 7) is 1.72. The summed E-state index contributed by atoms with van der Waals surface area (Å²) < 4.78 is 41.2. The van der Waals surface area contributed by atoms with Gasteiger partial charge in [-0.15, -0.1) is 0 Å². The van der Waals surface area contributed by atoms with Crippen molar-refractivity contribution in [3.63, 3.8) is 0 Å². The summed E-state index contributed by atoms with van der Waals surface area (Å²) >= 11 is 17.7. The number of hydrogen-bond donors (Lipinski definition) is 1. The summed E-state index contributed by atoms with van der Waals surface area (Å²) in [7, 11) is 0. The largest absolute Gasteiger partial charge is 0.436 e. The fourth-order valence-electron chi connectivity index (χ4n) is 2.68. The molecule has 0 aliphatic heterocycles. The highest BCUT2D eigenvalue weighted by Gasteiger charge is 2.38. The lowest BCUT2D eigenvalue weighted by Crippen LogP contribution is -2.16. The van der Waals surface area contributed by atoms with Crippen LogP contribution in [0, 0.1) is 6.92 Å². The number of aromatic nitrogens is 4. The Balaban J connectivity index is 1.59. The highest BCUT2D eigenvalue weighted by molar-refractivity contribution is 6.35. The first-order chi connectivity index (χ1) is 14.0. The molecule has 0 saturated heterocycles. The number of benzene rings is 1. The van der Waals surface area contributed by atoms with E-state index in [9.17, 15) is 18.0 Å². The van der Waals surface area contributed by atoms with Gasteiger partial charge in [0.15, 0.2) is 11.5 Å². The van der Waals surface area contributed by atoms with Crippen LogP contribution in [0.2, 0.25) is 15.1 Å². The Hall–Kier alpha value is -2.23. The SMILES string of the molecule is Cc1c(Cl)c(C(F)(F)F)nn1CCC(=O)Nc1ccn(Cc2ccc(Cl)cc2Cl)n1. The van der Waals surface area contributed by atoms with Gasteiger partial charge in [0.1, 0.15) is 0 Å². The molecule has 0 unspecified atom stereocenters. The highest BCUT2D eigenvalue weighted by atomic mass is 35.5. The topological polar surface area (TPSA) is 64.7 Å². The molecule has 30 heavy (non-hydrogen) atoms. The molecule has 160 valence electrons. The molecule has 0 fully saturated rings. The number of aryl methyl sites for hydroxylation is 1. The second-order valence-electron chi connectivity index (χ2n) is 6.40. The zero-order chi connectivity index (χ0) is 22.1. The molecule has 2 heterocycles. The van der Waals surface area contributed by atoms with E-state index in [2.05, 4.69) is 15.5 Å². The van der Waals surface area contributed by atoms with E-state index in [1.165, 1.54) is 6.92 Å². The predicted octanol–water partition coefficient (Wildman–Crippen LogP) is 5.44. The van der Waals surface area contributed by atoms with Gasteiger partial charge in [0, 0.05) is 28.7 Å². The third kappa shape index (κ3) is 5.27. The van der Waals surface area contributed by atoms with Crippen molar-refractivity contribution in [2.45, 2.75) is 32.6 Å². The van der Waals surface area contributed by atoms with Crippen LogP contribution >= 0.6 is 34.8 Å². The molecule has 0 spiro atoms. The van der Waals surface area contributed by atoms with E-state index in [1.807, 2.05) is 0 Å². The summed E-state index contributed by atoms with van der Waals surface area (Å²) in [6, 6.07) is 6.71. The molecule has 6 nitrogen and oxygen atoms in total. The maximum absolute atomic E-state index is 12.9. The molecule has 3 aromatic rings. The first kappa shape index (κ1) is 22.5. The highest BCUT2D eigenvalue weighted by Crippen LogP contribution is 2.35. The lowest BCUT2D eigenvalue weighted by atomic mass is 10.2. The van der Waals surface area contributed by atoms with E-state index in [4.69, 9.17) is 34.8 Å². The van der Waals surface area contributed by atoms with Gasteiger partial charge in [-0.3, -0.25) is 14.2 Å². The zero-order valence-corrected chi connectivity index (χ0v) is 17.7. The Labute approximate surface area is 184 Å². The Morgan fingerprint density at radius 2 is 1.90 bits per heavy atom. The summed E-state index contributed by atoms with van der Waals surface area (Å²) in [4.78, 5) is 12.2. The van der Waals surface area contributed by atoms with Crippen LogP contribution in [0.4, 0.5) is 19.0 Å². The molecule has 0 bridgehead atoms. The number of amides is 1. The van der Waals surface area contributed by atoms with E-state index in [-0.39, 0.29) is 18.7 Å². The third-order valence-corrected chi connectivity index (χ3v) is 5.25. The van der Waals surface area contributed by atoms with E-state index in [1.54, 1.807) is 35.1 Å². The second kappa shape index (κ2) is 8.87. The van der Waals surface area contributed by atoms with Crippen molar-refractivity contribution in [2.24, 2.45) is 0 Å². The molecule has 0 aliphatic carbocycles. The monoisotopic (exact) mass is 479 g/mol. The minimum atomic E-state index is -4.66. The maximum atomic E-state index is 12.9. The van der Waals surface area contributed by atoms with Gasteiger partial charge in [-0.1, -0.05) is 40.9 Å².